The van der Waals surface area contributed by atoms with Crippen LogP contribution in [0.15, 0.2) is 0 Å². The molecule has 1 saturated carbocycles. The number of methoxy groups -OCH3 is 1. The SMILES string of the molecule is COCC1CCCN1CC1(COC(C)C)CC1. The number of hydrogen-bond donors (Lipinski definition) is 0. The predicted molar refractivity (Wildman–Crippen MR) is 69.2 cm³/mol. The Labute approximate surface area is 105 Å². The second-order valence-electron chi connectivity index (χ2n) is 6.08. The van der Waals surface area contributed by atoms with E-state index in [0.29, 0.717) is 17.6 Å². The zero-order chi connectivity index (χ0) is 12.3. The quantitative estimate of drug-likeness (QED) is 0.682. The van der Waals surface area contributed by atoms with Crippen molar-refractivity contribution in [1.29, 1.82) is 0 Å². The van der Waals surface area contributed by atoms with Crippen molar-refractivity contribution in [2.75, 3.05) is 33.4 Å². The first-order valence-corrected chi connectivity index (χ1v) is 7.00. The summed E-state index contributed by atoms with van der Waals surface area (Å²) in [5.41, 5.74) is 0.473. The summed E-state index contributed by atoms with van der Waals surface area (Å²) in [6.07, 6.45) is 5.68. The van der Waals surface area contributed by atoms with Gasteiger partial charge < -0.3 is 9.47 Å². The Bertz CT molecular complexity index is 238. The minimum Gasteiger partial charge on any atom is -0.383 e. The highest BCUT2D eigenvalue weighted by molar-refractivity contribution is 4.97. The fourth-order valence-electron chi connectivity index (χ4n) is 2.78. The molecule has 0 spiro atoms. The van der Waals surface area contributed by atoms with E-state index >= 15 is 0 Å². The van der Waals surface area contributed by atoms with Crippen LogP contribution in [0.3, 0.4) is 0 Å². The van der Waals surface area contributed by atoms with Gasteiger partial charge in [0.05, 0.1) is 19.3 Å². The van der Waals surface area contributed by atoms with Crippen molar-refractivity contribution in [3.8, 4) is 0 Å². The highest BCUT2D eigenvalue weighted by Crippen LogP contribution is 2.47. The fraction of sp³-hybridized carbons (Fsp3) is 1.00. The summed E-state index contributed by atoms with van der Waals surface area (Å²) < 4.78 is 11.1. The van der Waals surface area contributed by atoms with Crippen LogP contribution in [0, 0.1) is 5.41 Å². The van der Waals surface area contributed by atoms with Gasteiger partial charge in [-0.05, 0) is 46.1 Å². The lowest BCUT2D eigenvalue weighted by Gasteiger charge is -2.29. The van der Waals surface area contributed by atoms with Gasteiger partial charge in [0.15, 0.2) is 0 Å². The van der Waals surface area contributed by atoms with E-state index in [0.717, 1.165) is 13.2 Å². The first-order valence-electron chi connectivity index (χ1n) is 7.00. The molecular formula is C14H27NO2. The number of hydrogen-bond acceptors (Lipinski definition) is 3. The number of ether oxygens (including phenoxy) is 2. The van der Waals surface area contributed by atoms with E-state index in [1.807, 2.05) is 7.11 Å². The molecule has 1 atom stereocenters. The summed E-state index contributed by atoms with van der Waals surface area (Å²) >= 11 is 0. The topological polar surface area (TPSA) is 21.7 Å². The molecule has 2 fully saturated rings. The zero-order valence-corrected chi connectivity index (χ0v) is 11.6. The number of likely N-dealkylation sites (tertiary alicyclic amines) is 1. The molecule has 0 aromatic heterocycles. The Balaban J connectivity index is 1.79. The molecule has 1 aliphatic heterocycles. The highest BCUT2D eigenvalue weighted by Gasteiger charge is 2.45. The minimum absolute atomic E-state index is 0.362. The van der Waals surface area contributed by atoms with E-state index in [-0.39, 0.29) is 0 Å². The van der Waals surface area contributed by atoms with E-state index in [1.54, 1.807) is 0 Å². The predicted octanol–water partition coefficient (Wildman–Crippen LogP) is 2.30. The smallest absolute Gasteiger partial charge is 0.0618 e. The molecule has 1 aliphatic carbocycles. The molecule has 17 heavy (non-hydrogen) atoms. The van der Waals surface area contributed by atoms with Crippen LogP contribution in [0.25, 0.3) is 0 Å². The van der Waals surface area contributed by atoms with Crippen LogP contribution >= 0.6 is 0 Å². The van der Waals surface area contributed by atoms with Crippen LogP contribution in [-0.4, -0.2) is 50.5 Å². The average molecular weight is 241 g/mol. The summed E-state index contributed by atoms with van der Waals surface area (Å²) in [4.78, 5) is 2.63. The van der Waals surface area contributed by atoms with Crippen LogP contribution in [0.4, 0.5) is 0 Å². The van der Waals surface area contributed by atoms with Gasteiger partial charge in [-0.15, -0.1) is 0 Å². The maximum Gasteiger partial charge on any atom is 0.0618 e. The summed E-state index contributed by atoms with van der Waals surface area (Å²) in [5, 5.41) is 0. The van der Waals surface area contributed by atoms with Crippen LogP contribution < -0.4 is 0 Å². The van der Waals surface area contributed by atoms with Gasteiger partial charge in [-0.2, -0.15) is 0 Å². The molecule has 100 valence electrons. The van der Waals surface area contributed by atoms with Gasteiger partial charge in [-0.3, -0.25) is 4.90 Å². The van der Waals surface area contributed by atoms with Crippen molar-refractivity contribution in [3.63, 3.8) is 0 Å². The molecule has 1 saturated heterocycles. The molecule has 2 rings (SSSR count). The molecule has 0 bridgehead atoms. The third kappa shape index (κ3) is 3.67. The molecular weight excluding hydrogens is 214 g/mol. The van der Waals surface area contributed by atoms with Crippen molar-refractivity contribution < 1.29 is 9.47 Å². The lowest BCUT2D eigenvalue weighted by Crippen LogP contribution is -2.38. The molecule has 0 amide bonds. The van der Waals surface area contributed by atoms with Crippen molar-refractivity contribution >= 4 is 0 Å². The number of rotatable bonds is 7. The van der Waals surface area contributed by atoms with E-state index in [2.05, 4.69) is 18.7 Å². The Kier molecular flexibility index (Phi) is 4.45. The number of nitrogens with zero attached hydrogens (tertiary/aromatic N) is 1. The van der Waals surface area contributed by atoms with Crippen LogP contribution in [0.2, 0.25) is 0 Å². The van der Waals surface area contributed by atoms with Crippen LogP contribution in [0.1, 0.15) is 39.5 Å². The van der Waals surface area contributed by atoms with Crippen molar-refractivity contribution in [3.05, 3.63) is 0 Å². The Morgan fingerprint density at radius 1 is 1.35 bits per heavy atom. The Morgan fingerprint density at radius 2 is 2.12 bits per heavy atom. The molecule has 2 aliphatic rings. The summed E-state index contributed by atoms with van der Waals surface area (Å²) in [6.45, 7) is 8.55. The molecule has 0 aromatic rings. The highest BCUT2D eigenvalue weighted by atomic mass is 16.5. The minimum atomic E-state index is 0.362. The second-order valence-corrected chi connectivity index (χ2v) is 6.08. The summed E-state index contributed by atoms with van der Waals surface area (Å²) in [6, 6.07) is 0.650. The molecule has 1 unspecified atom stereocenters. The van der Waals surface area contributed by atoms with Gasteiger partial charge in [0.25, 0.3) is 0 Å². The summed E-state index contributed by atoms with van der Waals surface area (Å²) in [7, 11) is 1.81. The molecule has 1 heterocycles. The third-order valence-electron chi connectivity index (χ3n) is 4.08. The van der Waals surface area contributed by atoms with Gasteiger partial charge in [0.2, 0.25) is 0 Å². The maximum absolute atomic E-state index is 5.82. The maximum atomic E-state index is 5.82. The lowest BCUT2D eigenvalue weighted by atomic mass is 10.1. The monoisotopic (exact) mass is 241 g/mol. The van der Waals surface area contributed by atoms with E-state index in [4.69, 9.17) is 9.47 Å². The van der Waals surface area contributed by atoms with Gasteiger partial charge >= 0.3 is 0 Å². The molecule has 3 nitrogen and oxygen atoms in total. The van der Waals surface area contributed by atoms with E-state index in [1.165, 1.54) is 38.8 Å². The summed E-state index contributed by atoms with van der Waals surface area (Å²) in [5.74, 6) is 0. The fourth-order valence-corrected chi connectivity index (χ4v) is 2.78. The molecule has 0 aromatic carbocycles. The van der Waals surface area contributed by atoms with Gasteiger partial charge in [-0.1, -0.05) is 0 Å². The molecule has 3 heteroatoms. The third-order valence-corrected chi connectivity index (χ3v) is 4.08. The molecule has 0 N–H and O–H groups in total. The van der Waals surface area contributed by atoms with E-state index in [9.17, 15) is 0 Å². The van der Waals surface area contributed by atoms with E-state index < -0.39 is 0 Å². The first kappa shape index (κ1) is 13.3. The Morgan fingerprint density at radius 3 is 2.71 bits per heavy atom. The van der Waals surface area contributed by atoms with Crippen molar-refractivity contribution in [2.24, 2.45) is 5.41 Å². The van der Waals surface area contributed by atoms with Crippen LogP contribution in [-0.2, 0) is 9.47 Å². The van der Waals surface area contributed by atoms with Gasteiger partial charge in [0, 0.05) is 25.1 Å². The lowest BCUT2D eigenvalue weighted by molar-refractivity contribution is 0.0236. The first-order chi connectivity index (χ1) is 8.15. The van der Waals surface area contributed by atoms with Crippen molar-refractivity contribution in [2.45, 2.75) is 51.7 Å². The van der Waals surface area contributed by atoms with Crippen molar-refractivity contribution in [1.82, 2.24) is 4.90 Å². The molecule has 0 radical (unpaired) electrons. The normalized spacial score (nSPS) is 27.9. The van der Waals surface area contributed by atoms with Gasteiger partial charge in [-0.25, -0.2) is 0 Å². The standard InChI is InChI=1S/C14H27NO2/c1-12(2)17-11-14(6-7-14)10-15-8-4-5-13(15)9-16-3/h12-13H,4-11H2,1-3H3. The average Bonchev–Trinajstić information content (AvgIpc) is 2.92. The second kappa shape index (κ2) is 5.68. The Hall–Kier alpha value is -0.120. The van der Waals surface area contributed by atoms with Gasteiger partial charge in [0.1, 0.15) is 0 Å². The zero-order valence-electron chi connectivity index (χ0n) is 11.6. The van der Waals surface area contributed by atoms with Crippen LogP contribution in [0.5, 0.6) is 0 Å². The largest absolute Gasteiger partial charge is 0.383 e.